The molecule has 3 rings (SSSR count). The van der Waals surface area contributed by atoms with Gasteiger partial charge >= 0.3 is 0 Å². The van der Waals surface area contributed by atoms with E-state index in [9.17, 15) is 4.79 Å². The van der Waals surface area contributed by atoms with Crippen LogP contribution in [0.1, 0.15) is 18.4 Å². The van der Waals surface area contributed by atoms with Crippen molar-refractivity contribution < 1.29 is 14.3 Å². The van der Waals surface area contributed by atoms with Crippen LogP contribution < -0.4 is 20.1 Å². The lowest BCUT2D eigenvalue weighted by Crippen LogP contribution is -2.41. The molecule has 2 aliphatic rings. The lowest BCUT2D eigenvalue weighted by atomic mass is 10.1. The summed E-state index contributed by atoms with van der Waals surface area (Å²) in [7, 11) is 3.33. The highest BCUT2D eigenvalue weighted by atomic mass is 35.5. The Hall–Kier alpha value is -1.21. The minimum atomic E-state index is 0. The summed E-state index contributed by atoms with van der Waals surface area (Å²) < 4.78 is 10.7. The number of halogens is 2. The Bertz CT molecular complexity index is 561. The number of hydrogen-bond acceptors (Lipinski definition) is 5. The molecule has 26 heavy (non-hydrogen) atoms. The summed E-state index contributed by atoms with van der Waals surface area (Å²) in [5.74, 6) is 1.96. The summed E-state index contributed by atoms with van der Waals surface area (Å²) in [6, 6.07) is 6.22. The van der Waals surface area contributed by atoms with Gasteiger partial charge in [-0.15, -0.1) is 24.8 Å². The zero-order chi connectivity index (χ0) is 16.9. The second kappa shape index (κ2) is 10.8. The average molecular weight is 406 g/mol. The van der Waals surface area contributed by atoms with Gasteiger partial charge in [0, 0.05) is 38.3 Å². The van der Waals surface area contributed by atoms with Crippen molar-refractivity contribution >= 4 is 30.7 Å². The lowest BCUT2D eigenvalue weighted by molar-refractivity contribution is -0.125. The molecule has 1 aromatic rings. The summed E-state index contributed by atoms with van der Waals surface area (Å²) in [6.45, 7) is 4.49. The highest BCUT2D eigenvalue weighted by Gasteiger charge is 2.28. The largest absolute Gasteiger partial charge is 0.497 e. The Kier molecular flexibility index (Phi) is 9.50. The fourth-order valence-electron chi connectivity index (χ4n) is 3.51. The van der Waals surface area contributed by atoms with E-state index in [-0.39, 0.29) is 42.7 Å². The highest BCUT2D eigenvalue weighted by Crippen LogP contribution is 2.24. The Morgan fingerprint density at radius 2 is 1.88 bits per heavy atom. The van der Waals surface area contributed by atoms with Crippen molar-refractivity contribution in [1.29, 1.82) is 0 Å². The number of methoxy groups -OCH3 is 2. The highest BCUT2D eigenvalue weighted by molar-refractivity contribution is 5.85. The zero-order valence-electron chi connectivity index (χ0n) is 15.3. The molecular formula is C18H29Cl2N3O3. The van der Waals surface area contributed by atoms with Gasteiger partial charge in [-0.1, -0.05) is 0 Å². The fraction of sp³-hybridized carbons (Fsp3) is 0.611. The van der Waals surface area contributed by atoms with E-state index in [4.69, 9.17) is 9.47 Å². The summed E-state index contributed by atoms with van der Waals surface area (Å²) >= 11 is 0. The molecule has 6 nitrogen and oxygen atoms in total. The molecule has 2 saturated heterocycles. The van der Waals surface area contributed by atoms with E-state index in [0.717, 1.165) is 62.6 Å². The van der Waals surface area contributed by atoms with Gasteiger partial charge in [-0.2, -0.15) is 0 Å². The number of nitrogens with zero attached hydrogens (tertiary/aromatic N) is 1. The van der Waals surface area contributed by atoms with Crippen molar-refractivity contribution in [1.82, 2.24) is 15.5 Å². The molecule has 0 bridgehead atoms. The SMILES string of the molecule is COc1cc(CN2CCC(NC(=O)C3CCNC3)C2)cc(OC)c1.Cl.Cl. The van der Waals surface area contributed by atoms with Crippen LogP contribution in [0.4, 0.5) is 0 Å². The predicted molar refractivity (Wildman–Crippen MR) is 107 cm³/mol. The second-order valence-corrected chi connectivity index (χ2v) is 6.64. The molecule has 8 heteroatoms. The Morgan fingerprint density at radius 1 is 1.19 bits per heavy atom. The number of likely N-dealkylation sites (tertiary alicyclic amines) is 1. The first-order valence-corrected chi connectivity index (χ1v) is 8.63. The van der Waals surface area contributed by atoms with Crippen LogP contribution in [0, 0.1) is 5.92 Å². The Morgan fingerprint density at radius 3 is 2.46 bits per heavy atom. The van der Waals surface area contributed by atoms with Crippen LogP contribution in [0.5, 0.6) is 11.5 Å². The van der Waals surface area contributed by atoms with Crippen LogP contribution >= 0.6 is 24.8 Å². The number of rotatable bonds is 6. The predicted octanol–water partition coefficient (Wildman–Crippen LogP) is 1.85. The number of nitrogens with one attached hydrogen (secondary N) is 2. The number of hydrogen-bond donors (Lipinski definition) is 2. The first-order valence-electron chi connectivity index (χ1n) is 8.63. The molecule has 1 aromatic carbocycles. The van der Waals surface area contributed by atoms with Crippen LogP contribution in [-0.4, -0.2) is 57.2 Å². The minimum Gasteiger partial charge on any atom is -0.497 e. The summed E-state index contributed by atoms with van der Waals surface area (Å²) in [5.41, 5.74) is 1.16. The molecule has 0 aromatic heterocycles. The van der Waals surface area contributed by atoms with E-state index < -0.39 is 0 Å². The number of amides is 1. The first-order chi connectivity index (χ1) is 11.7. The summed E-state index contributed by atoms with van der Waals surface area (Å²) in [4.78, 5) is 14.6. The minimum absolute atomic E-state index is 0. The molecule has 2 heterocycles. The topological polar surface area (TPSA) is 62.8 Å². The smallest absolute Gasteiger partial charge is 0.224 e. The van der Waals surface area contributed by atoms with E-state index in [1.807, 2.05) is 18.2 Å². The first kappa shape index (κ1) is 22.8. The van der Waals surface area contributed by atoms with Crippen molar-refractivity contribution in [3.8, 4) is 11.5 Å². The molecule has 0 spiro atoms. The van der Waals surface area contributed by atoms with Gasteiger partial charge in [0.05, 0.1) is 20.1 Å². The van der Waals surface area contributed by atoms with E-state index >= 15 is 0 Å². The van der Waals surface area contributed by atoms with Gasteiger partial charge in [0.15, 0.2) is 0 Å². The quantitative estimate of drug-likeness (QED) is 0.755. The second-order valence-electron chi connectivity index (χ2n) is 6.64. The molecule has 148 valence electrons. The van der Waals surface area contributed by atoms with Crippen LogP contribution in [-0.2, 0) is 11.3 Å². The third kappa shape index (κ3) is 5.91. The number of benzene rings is 1. The summed E-state index contributed by atoms with van der Waals surface area (Å²) in [6.07, 6.45) is 1.96. The van der Waals surface area contributed by atoms with Gasteiger partial charge < -0.3 is 20.1 Å². The van der Waals surface area contributed by atoms with Crippen molar-refractivity contribution in [2.24, 2.45) is 5.92 Å². The van der Waals surface area contributed by atoms with E-state index in [1.165, 1.54) is 0 Å². The molecule has 1 amide bonds. The van der Waals surface area contributed by atoms with Gasteiger partial charge in [-0.3, -0.25) is 9.69 Å². The zero-order valence-corrected chi connectivity index (χ0v) is 17.0. The van der Waals surface area contributed by atoms with Crippen molar-refractivity contribution in [2.75, 3.05) is 40.4 Å². The average Bonchev–Trinajstić information content (AvgIpc) is 3.26. The van der Waals surface area contributed by atoms with Crippen LogP contribution in [0.3, 0.4) is 0 Å². The molecule has 2 aliphatic heterocycles. The lowest BCUT2D eigenvalue weighted by Gasteiger charge is -2.19. The van der Waals surface area contributed by atoms with Gasteiger partial charge in [-0.05, 0) is 37.1 Å². The molecule has 2 atom stereocenters. The fourth-order valence-corrected chi connectivity index (χ4v) is 3.51. The van der Waals surface area contributed by atoms with E-state index in [0.29, 0.717) is 0 Å². The van der Waals surface area contributed by atoms with Crippen LogP contribution in [0.15, 0.2) is 18.2 Å². The van der Waals surface area contributed by atoms with Crippen molar-refractivity contribution in [3.05, 3.63) is 23.8 Å². The standard InChI is InChI=1S/C18H27N3O3.2ClH/c1-23-16-7-13(8-17(9-16)24-2)11-21-6-4-15(12-21)20-18(22)14-3-5-19-10-14;;/h7-9,14-15,19H,3-6,10-12H2,1-2H3,(H,20,22);2*1H. The van der Waals surface area contributed by atoms with E-state index in [2.05, 4.69) is 15.5 Å². The number of carbonyl (C=O) groups is 1. The Labute approximate surface area is 167 Å². The molecule has 0 saturated carbocycles. The van der Waals surface area contributed by atoms with Crippen molar-refractivity contribution in [2.45, 2.75) is 25.4 Å². The van der Waals surface area contributed by atoms with Crippen LogP contribution in [0.2, 0.25) is 0 Å². The molecule has 2 fully saturated rings. The molecule has 0 radical (unpaired) electrons. The van der Waals surface area contributed by atoms with Crippen LogP contribution in [0.25, 0.3) is 0 Å². The maximum atomic E-state index is 12.2. The molecule has 0 aliphatic carbocycles. The van der Waals surface area contributed by atoms with Crippen molar-refractivity contribution in [3.63, 3.8) is 0 Å². The normalized spacial score (nSPS) is 22.2. The maximum Gasteiger partial charge on any atom is 0.224 e. The number of ether oxygens (including phenoxy) is 2. The third-order valence-corrected chi connectivity index (χ3v) is 4.87. The monoisotopic (exact) mass is 405 g/mol. The van der Waals surface area contributed by atoms with Gasteiger partial charge in [-0.25, -0.2) is 0 Å². The van der Waals surface area contributed by atoms with Gasteiger partial charge in [0.1, 0.15) is 11.5 Å². The molecule has 2 unspecified atom stereocenters. The maximum absolute atomic E-state index is 12.2. The molecule has 2 N–H and O–H groups in total. The van der Waals surface area contributed by atoms with Gasteiger partial charge in [0.2, 0.25) is 5.91 Å². The van der Waals surface area contributed by atoms with Gasteiger partial charge in [0.25, 0.3) is 0 Å². The summed E-state index contributed by atoms with van der Waals surface area (Å²) in [5, 5.41) is 6.46. The third-order valence-electron chi connectivity index (χ3n) is 4.87. The van der Waals surface area contributed by atoms with E-state index in [1.54, 1.807) is 14.2 Å². The number of carbonyl (C=O) groups excluding carboxylic acids is 1. The Balaban J connectivity index is 0.00000169. The molecular weight excluding hydrogens is 377 g/mol.